The molecule has 1 unspecified atom stereocenters. The first-order valence-electron chi connectivity index (χ1n) is 10.8. The zero-order valence-electron chi connectivity index (χ0n) is 18.5. The molecule has 0 aliphatic carbocycles. The van der Waals surface area contributed by atoms with E-state index in [0.717, 1.165) is 31.5 Å². The van der Waals surface area contributed by atoms with E-state index in [2.05, 4.69) is 47.4 Å². The number of benzene rings is 3. The quantitative estimate of drug-likeness (QED) is 0.560. The van der Waals surface area contributed by atoms with Crippen LogP contribution < -0.4 is 9.47 Å². The molecule has 1 heterocycles. The van der Waals surface area contributed by atoms with Crippen molar-refractivity contribution in [2.75, 3.05) is 34.4 Å². The van der Waals surface area contributed by atoms with E-state index < -0.39 is 0 Å². The maximum atomic E-state index is 13.2. The number of carbonyl (C=O) groups is 1. The maximum Gasteiger partial charge on any atom is 0.237 e. The second-order valence-electron chi connectivity index (χ2n) is 8.17. The summed E-state index contributed by atoms with van der Waals surface area (Å²) >= 11 is 0. The highest BCUT2D eigenvalue weighted by atomic mass is 16.5. The molecule has 0 N–H and O–H groups in total. The summed E-state index contributed by atoms with van der Waals surface area (Å²) in [7, 11) is 5.29. The van der Waals surface area contributed by atoms with E-state index >= 15 is 0 Å². The second kappa shape index (κ2) is 9.40. The standard InChI is InChI=1S/C26H30N2O3/c1-27(17-21-10-6-9-19-8-4-5-11-22(19)21)18-26(29)28-15-7-12-23(28)20-13-14-24(30-2)25(16-20)31-3/h4-6,8-11,13-14,16,23H,7,12,15,17-18H2,1-3H3. The molecular weight excluding hydrogens is 388 g/mol. The van der Waals surface area contributed by atoms with Crippen LogP contribution in [0.15, 0.2) is 60.7 Å². The third-order valence-corrected chi connectivity index (χ3v) is 6.09. The van der Waals surface area contributed by atoms with Crippen LogP contribution in [0, 0.1) is 0 Å². The number of nitrogens with zero attached hydrogens (tertiary/aromatic N) is 2. The molecule has 31 heavy (non-hydrogen) atoms. The first-order valence-corrected chi connectivity index (χ1v) is 10.8. The normalized spacial score (nSPS) is 16.1. The molecule has 1 aliphatic rings. The van der Waals surface area contributed by atoms with Crippen molar-refractivity contribution in [1.29, 1.82) is 0 Å². The lowest BCUT2D eigenvalue weighted by Gasteiger charge is -2.28. The first kappa shape index (κ1) is 21.2. The molecule has 5 nitrogen and oxygen atoms in total. The van der Waals surface area contributed by atoms with Gasteiger partial charge in [0, 0.05) is 13.1 Å². The largest absolute Gasteiger partial charge is 0.493 e. The summed E-state index contributed by atoms with van der Waals surface area (Å²) in [6.45, 7) is 1.93. The highest BCUT2D eigenvalue weighted by molar-refractivity contribution is 5.85. The number of likely N-dealkylation sites (tertiary alicyclic amines) is 1. The van der Waals surface area contributed by atoms with Crippen LogP contribution in [0.3, 0.4) is 0 Å². The van der Waals surface area contributed by atoms with Crippen LogP contribution >= 0.6 is 0 Å². The molecule has 0 aromatic heterocycles. The van der Waals surface area contributed by atoms with E-state index in [9.17, 15) is 4.79 Å². The molecule has 3 aromatic carbocycles. The Morgan fingerprint density at radius 1 is 1.03 bits per heavy atom. The summed E-state index contributed by atoms with van der Waals surface area (Å²) in [6, 6.07) is 20.8. The molecule has 1 saturated heterocycles. The maximum absolute atomic E-state index is 13.2. The number of rotatable bonds is 7. The average molecular weight is 419 g/mol. The van der Waals surface area contributed by atoms with Crippen LogP contribution in [0.2, 0.25) is 0 Å². The average Bonchev–Trinajstić information content (AvgIpc) is 3.29. The van der Waals surface area contributed by atoms with E-state index in [4.69, 9.17) is 9.47 Å². The van der Waals surface area contributed by atoms with Gasteiger partial charge in [0.25, 0.3) is 0 Å². The fourth-order valence-electron chi connectivity index (χ4n) is 4.57. The number of hydrogen-bond donors (Lipinski definition) is 0. The molecule has 1 amide bonds. The van der Waals surface area contributed by atoms with Crippen molar-refractivity contribution in [1.82, 2.24) is 9.80 Å². The van der Waals surface area contributed by atoms with Gasteiger partial charge in [-0.05, 0) is 53.9 Å². The topological polar surface area (TPSA) is 42.0 Å². The van der Waals surface area contributed by atoms with Crippen molar-refractivity contribution in [3.8, 4) is 11.5 Å². The zero-order valence-corrected chi connectivity index (χ0v) is 18.5. The molecule has 1 fully saturated rings. The van der Waals surface area contributed by atoms with Crippen LogP contribution in [-0.2, 0) is 11.3 Å². The van der Waals surface area contributed by atoms with Gasteiger partial charge in [0.2, 0.25) is 5.91 Å². The van der Waals surface area contributed by atoms with Crippen molar-refractivity contribution in [2.45, 2.75) is 25.4 Å². The summed E-state index contributed by atoms with van der Waals surface area (Å²) in [5.74, 6) is 1.57. The van der Waals surface area contributed by atoms with Gasteiger partial charge in [-0.3, -0.25) is 9.69 Å². The Morgan fingerprint density at radius 3 is 2.61 bits per heavy atom. The lowest BCUT2D eigenvalue weighted by molar-refractivity contribution is -0.133. The minimum atomic E-state index is 0.0817. The van der Waals surface area contributed by atoms with E-state index in [1.807, 2.05) is 30.1 Å². The smallest absolute Gasteiger partial charge is 0.237 e. The molecule has 0 bridgehead atoms. The number of carbonyl (C=O) groups excluding carboxylic acids is 1. The third kappa shape index (κ3) is 4.52. The number of hydrogen-bond acceptors (Lipinski definition) is 4. The third-order valence-electron chi connectivity index (χ3n) is 6.09. The van der Waals surface area contributed by atoms with Crippen molar-refractivity contribution in [3.05, 3.63) is 71.8 Å². The molecule has 162 valence electrons. The molecule has 3 aromatic rings. The minimum absolute atomic E-state index is 0.0817. The van der Waals surface area contributed by atoms with Gasteiger partial charge < -0.3 is 14.4 Å². The van der Waals surface area contributed by atoms with Gasteiger partial charge in [0.15, 0.2) is 11.5 Å². The van der Waals surface area contributed by atoms with Gasteiger partial charge in [-0.15, -0.1) is 0 Å². The molecule has 5 heteroatoms. The van der Waals surface area contributed by atoms with Gasteiger partial charge in [-0.25, -0.2) is 0 Å². The fourth-order valence-corrected chi connectivity index (χ4v) is 4.57. The summed E-state index contributed by atoms with van der Waals surface area (Å²) in [5.41, 5.74) is 2.34. The van der Waals surface area contributed by atoms with E-state index in [0.29, 0.717) is 18.0 Å². The predicted molar refractivity (Wildman–Crippen MR) is 124 cm³/mol. The summed E-state index contributed by atoms with van der Waals surface area (Å²) in [6.07, 6.45) is 1.98. The Balaban J connectivity index is 1.46. The fraction of sp³-hybridized carbons (Fsp3) is 0.346. The molecule has 1 atom stereocenters. The van der Waals surface area contributed by atoms with Crippen LogP contribution in [-0.4, -0.2) is 50.1 Å². The van der Waals surface area contributed by atoms with Crippen molar-refractivity contribution < 1.29 is 14.3 Å². The van der Waals surface area contributed by atoms with Crippen LogP contribution in [0.25, 0.3) is 10.8 Å². The Bertz CT molecular complexity index is 1060. The van der Waals surface area contributed by atoms with E-state index in [-0.39, 0.29) is 11.9 Å². The Labute approximate surface area is 184 Å². The number of fused-ring (bicyclic) bond motifs is 1. The number of amides is 1. The zero-order chi connectivity index (χ0) is 21.8. The summed E-state index contributed by atoms with van der Waals surface area (Å²) < 4.78 is 10.8. The van der Waals surface area contributed by atoms with E-state index in [1.165, 1.54) is 16.3 Å². The second-order valence-corrected chi connectivity index (χ2v) is 8.17. The Morgan fingerprint density at radius 2 is 1.81 bits per heavy atom. The number of methoxy groups -OCH3 is 2. The van der Waals surface area contributed by atoms with Crippen LogP contribution in [0.4, 0.5) is 0 Å². The van der Waals surface area contributed by atoms with Gasteiger partial charge in [-0.1, -0.05) is 48.5 Å². The molecule has 0 radical (unpaired) electrons. The minimum Gasteiger partial charge on any atom is -0.493 e. The summed E-state index contributed by atoms with van der Waals surface area (Å²) in [4.78, 5) is 17.3. The SMILES string of the molecule is COc1ccc(C2CCCN2C(=O)CN(C)Cc2cccc3ccccc23)cc1OC. The predicted octanol–water partition coefficient (Wildman–Crippen LogP) is 4.65. The summed E-state index contributed by atoms with van der Waals surface area (Å²) in [5, 5.41) is 2.47. The van der Waals surface area contributed by atoms with Gasteiger partial charge in [0.1, 0.15) is 0 Å². The molecular formula is C26H30N2O3. The lowest BCUT2D eigenvalue weighted by atomic mass is 10.0. The van der Waals surface area contributed by atoms with E-state index in [1.54, 1.807) is 14.2 Å². The molecule has 4 rings (SSSR count). The van der Waals surface area contributed by atoms with Crippen LogP contribution in [0.5, 0.6) is 11.5 Å². The Kier molecular flexibility index (Phi) is 6.42. The van der Waals surface area contributed by atoms with Crippen molar-refractivity contribution in [2.24, 2.45) is 0 Å². The van der Waals surface area contributed by atoms with Crippen molar-refractivity contribution >= 4 is 16.7 Å². The monoisotopic (exact) mass is 418 g/mol. The molecule has 1 aliphatic heterocycles. The highest BCUT2D eigenvalue weighted by Gasteiger charge is 2.31. The lowest BCUT2D eigenvalue weighted by Crippen LogP contribution is -2.38. The van der Waals surface area contributed by atoms with Crippen LogP contribution in [0.1, 0.15) is 30.0 Å². The highest BCUT2D eigenvalue weighted by Crippen LogP contribution is 2.37. The number of likely N-dealkylation sites (N-methyl/N-ethyl adjacent to an activating group) is 1. The first-order chi connectivity index (χ1) is 15.1. The van der Waals surface area contributed by atoms with Gasteiger partial charge >= 0.3 is 0 Å². The molecule has 0 saturated carbocycles. The number of ether oxygens (including phenoxy) is 2. The van der Waals surface area contributed by atoms with Crippen molar-refractivity contribution in [3.63, 3.8) is 0 Å². The van der Waals surface area contributed by atoms with Gasteiger partial charge in [0.05, 0.1) is 26.8 Å². The molecule has 0 spiro atoms. The van der Waals surface area contributed by atoms with Gasteiger partial charge in [-0.2, -0.15) is 0 Å². The Hall–Kier alpha value is -3.05.